The zero-order chi connectivity index (χ0) is 27.6. The van der Waals surface area contributed by atoms with Crippen LogP contribution in [0.4, 0.5) is 17.1 Å². The van der Waals surface area contributed by atoms with Crippen LogP contribution in [0.3, 0.4) is 0 Å². The number of hydrogen-bond acceptors (Lipinski definition) is 1. The first-order valence-corrected chi connectivity index (χ1v) is 14.5. The van der Waals surface area contributed by atoms with Gasteiger partial charge in [-0.05, 0) is 76.1 Å². The van der Waals surface area contributed by atoms with Gasteiger partial charge < -0.3 is 9.47 Å². The lowest BCUT2D eigenvalue weighted by atomic mass is 9.91. The van der Waals surface area contributed by atoms with Gasteiger partial charge in [0.15, 0.2) is 0 Å². The van der Waals surface area contributed by atoms with Crippen LogP contribution in [0.5, 0.6) is 0 Å². The lowest BCUT2D eigenvalue weighted by molar-refractivity contribution is 1.19. The number of anilines is 3. The maximum atomic E-state index is 2.44. The lowest BCUT2D eigenvalue weighted by Crippen LogP contribution is -2.10. The first kappa shape index (κ1) is 23.1. The Labute approximate surface area is 243 Å². The highest BCUT2D eigenvalue weighted by Crippen LogP contribution is 2.46. The molecule has 42 heavy (non-hydrogen) atoms. The summed E-state index contributed by atoms with van der Waals surface area (Å²) in [4.78, 5) is 2.38. The van der Waals surface area contributed by atoms with E-state index in [9.17, 15) is 0 Å². The number of nitrogens with zero attached hydrogens (tertiary/aromatic N) is 2. The molecule has 0 aliphatic carbocycles. The Bertz CT molecular complexity index is 2350. The maximum absolute atomic E-state index is 2.44. The van der Waals surface area contributed by atoms with Crippen LogP contribution in [0.25, 0.3) is 59.8 Å². The molecule has 2 heteroatoms. The van der Waals surface area contributed by atoms with Crippen molar-refractivity contribution in [3.05, 3.63) is 158 Å². The first-order valence-electron chi connectivity index (χ1n) is 14.5. The predicted octanol–water partition coefficient (Wildman–Crippen LogP) is 11.2. The monoisotopic (exact) mass is 534 g/mol. The average molecular weight is 535 g/mol. The van der Waals surface area contributed by atoms with Crippen LogP contribution < -0.4 is 4.90 Å². The van der Waals surface area contributed by atoms with E-state index < -0.39 is 0 Å². The molecule has 0 saturated carbocycles. The topological polar surface area (TPSA) is 8.17 Å². The number of benzene rings is 8. The van der Waals surface area contributed by atoms with Crippen molar-refractivity contribution < 1.29 is 0 Å². The van der Waals surface area contributed by atoms with Gasteiger partial charge >= 0.3 is 0 Å². The van der Waals surface area contributed by atoms with E-state index in [1.807, 2.05) is 0 Å². The van der Waals surface area contributed by atoms with E-state index in [1.54, 1.807) is 0 Å². The third kappa shape index (κ3) is 3.27. The van der Waals surface area contributed by atoms with Crippen molar-refractivity contribution in [1.82, 2.24) is 4.57 Å². The van der Waals surface area contributed by atoms with E-state index >= 15 is 0 Å². The number of hydrogen-bond donors (Lipinski definition) is 0. The Kier molecular flexibility index (Phi) is 4.93. The summed E-state index contributed by atoms with van der Waals surface area (Å²) in [6, 6.07) is 57.1. The van der Waals surface area contributed by atoms with Crippen molar-refractivity contribution in [3.8, 4) is 5.69 Å². The smallest absolute Gasteiger partial charge is 0.0620 e. The molecular weight excluding hydrogens is 508 g/mol. The molecule has 196 valence electrons. The zero-order valence-corrected chi connectivity index (χ0v) is 22.9. The van der Waals surface area contributed by atoms with Gasteiger partial charge in [-0.2, -0.15) is 0 Å². The van der Waals surface area contributed by atoms with Crippen molar-refractivity contribution in [2.24, 2.45) is 0 Å². The molecule has 9 rings (SSSR count). The molecule has 0 N–H and O–H groups in total. The summed E-state index contributed by atoms with van der Waals surface area (Å²) in [5.74, 6) is 0. The fraction of sp³-hybridized carbons (Fsp3) is 0. The van der Waals surface area contributed by atoms with Crippen LogP contribution in [-0.4, -0.2) is 4.57 Å². The molecule has 0 spiro atoms. The summed E-state index contributed by atoms with van der Waals surface area (Å²) >= 11 is 0. The molecule has 0 amide bonds. The van der Waals surface area contributed by atoms with Crippen molar-refractivity contribution in [2.75, 3.05) is 4.90 Å². The summed E-state index contributed by atoms with van der Waals surface area (Å²) in [5.41, 5.74) is 7.14. The van der Waals surface area contributed by atoms with E-state index in [1.165, 1.54) is 65.5 Å². The summed E-state index contributed by atoms with van der Waals surface area (Å²) in [6.07, 6.45) is 0. The van der Waals surface area contributed by atoms with E-state index in [2.05, 4.69) is 167 Å². The van der Waals surface area contributed by atoms with Gasteiger partial charge in [-0.3, -0.25) is 0 Å². The van der Waals surface area contributed by atoms with Crippen LogP contribution in [0.1, 0.15) is 0 Å². The standard InChI is InChI=1S/C40H26N2/c1-4-12-29(13-5-1)41(30-14-6-2-7-15-30)37-25-22-27-20-24-34-39-28(21-23-33(37)38(27)39)26-35-32-18-10-11-19-36(32)42(40(34)35)31-16-8-3-9-17-31/h1-26H. The van der Waals surface area contributed by atoms with E-state index in [0.717, 1.165) is 11.4 Å². The number of rotatable bonds is 4. The normalized spacial score (nSPS) is 11.8. The summed E-state index contributed by atoms with van der Waals surface area (Å²) in [5, 5.41) is 10.3. The molecular formula is C40H26N2. The molecule has 0 aliphatic heterocycles. The highest BCUT2D eigenvalue weighted by Gasteiger charge is 2.21. The lowest BCUT2D eigenvalue weighted by Gasteiger charge is -2.27. The van der Waals surface area contributed by atoms with Crippen molar-refractivity contribution in [3.63, 3.8) is 0 Å². The Morgan fingerprint density at radius 3 is 1.71 bits per heavy atom. The molecule has 9 aromatic rings. The second kappa shape index (κ2) is 8.95. The number of aromatic nitrogens is 1. The minimum absolute atomic E-state index is 1.14. The fourth-order valence-corrected chi connectivity index (χ4v) is 6.93. The molecule has 0 atom stereocenters. The zero-order valence-electron chi connectivity index (χ0n) is 22.9. The molecule has 8 aromatic carbocycles. The van der Waals surface area contributed by atoms with Crippen LogP contribution in [-0.2, 0) is 0 Å². The van der Waals surface area contributed by atoms with Gasteiger partial charge in [0.05, 0.1) is 16.7 Å². The van der Waals surface area contributed by atoms with E-state index in [4.69, 9.17) is 0 Å². The maximum Gasteiger partial charge on any atom is 0.0620 e. The highest BCUT2D eigenvalue weighted by atomic mass is 15.1. The predicted molar refractivity (Wildman–Crippen MR) is 179 cm³/mol. The molecule has 0 bridgehead atoms. The second-order valence-corrected chi connectivity index (χ2v) is 11.0. The van der Waals surface area contributed by atoms with Gasteiger partial charge in [-0.1, -0.05) is 103 Å². The first-order chi connectivity index (χ1) is 20.9. The highest BCUT2D eigenvalue weighted by molar-refractivity contribution is 6.33. The van der Waals surface area contributed by atoms with Crippen LogP contribution in [0.15, 0.2) is 158 Å². The van der Waals surface area contributed by atoms with Crippen LogP contribution in [0, 0.1) is 0 Å². The molecule has 2 nitrogen and oxygen atoms in total. The second-order valence-electron chi connectivity index (χ2n) is 11.0. The van der Waals surface area contributed by atoms with Gasteiger partial charge in [0.2, 0.25) is 0 Å². The van der Waals surface area contributed by atoms with Gasteiger partial charge in [0.1, 0.15) is 0 Å². The molecule has 0 fully saturated rings. The fourth-order valence-electron chi connectivity index (χ4n) is 6.93. The molecule has 0 aliphatic rings. The summed E-state index contributed by atoms with van der Waals surface area (Å²) < 4.78 is 2.44. The Morgan fingerprint density at radius 1 is 0.405 bits per heavy atom. The molecule has 0 unspecified atom stereocenters. The minimum Gasteiger partial charge on any atom is -0.310 e. The quantitative estimate of drug-likeness (QED) is 0.204. The van der Waals surface area contributed by atoms with Crippen LogP contribution in [0.2, 0.25) is 0 Å². The average Bonchev–Trinajstić information content (AvgIpc) is 3.40. The van der Waals surface area contributed by atoms with Gasteiger partial charge in [0, 0.05) is 38.6 Å². The Balaban J connectivity index is 1.43. The third-order valence-electron chi connectivity index (χ3n) is 8.67. The largest absolute Gasteiger partial charge is 0.310 e. The summed E-state index contributed by atoms with van der Waals surface area (Å²) in [7, 11) is 0. The third-order valence-corrected chi connectivity index (χ3v) is 8.67. The van der Waals surface area contributed by atoms with Crippen LogP contribution >= 0.6 is 0 Å². The van der Waals surface area contributed by atoms with E-state index in [-0.39, 0.29) is 0 Å². The summed E-state index contributed by atoms with van der Waals surface area (Å²) in [6.45, 7) is 0. The van der Waals surface area contributed by atoms with Crippen molar-refractivity contribution >= 4 is 71.2 Å². The van der Waals surface area contributed by atoms with Crippen molar-refractivity contribution in [1.29, 1.82) is 0 Å². The Morgan fingerprint density at radius 2 is 0.976 bits per heavy atom. The number of fused-ring (bicyclic) bond motifs is 4. The minimum atomic E-state index is 1.14. The SMILES string of the molecule is c1ccc(N(c2ccccc2)c2ccc3ccc4c5c(ccc2c35)cc2c3ccccc3n(-c3ccccc3)c24)cc1. The number of para-hydroxylation sites is 4. The molecule has 0 radical (unpaired) electrons. The van der Waals surface area contributed by atoms with Gasteiger partial charge in [0.25, 0.3) is 0 Å². The van der Waals surface area contributed by atoms with E-state index in [0.29, 0.717) is 0 Å². The molecule has 1 heterocycles. The van der Waals surface area contributed by atoms with Gasteiger partial charge in [-0.25, -0.2) is 0 Å². The molecule has 1 aromatic heterocycles. The van der Waals surface area contributed by atoms with Gasteiger partial charge in [-0.15, -0.1) is 0 Å². The molecule has 0 saturated heterocycles. The Hall–Kier alpha value is -5.60. The van der Waals surface area contributed by atoms with Crippen molar-refractivity contribution in [2.45, 2.75) is 0 Å².